The van der Waals surface area contributed by atoms with Crippen molar-refractivity contribution in [2.75, 3.05) is 6.54 Å². The van der Waals surface area contributed by atoms with Crippen molar-refractivity contribution in [1.82, 2.24) is 19.9 Å². The number of hydrogen-bond acceptors (Lipinski definition) is 3. The first-order valence-electron chi connectivity index (χ1n) is 6.90. The average molecular weight is 258 g/mol. The molecule has 4 nitrogen and oxygen atoms in total. The number of imidazole rings is 1. The van der Waals surface area contributed by atoms with Crippen LogP contribution in [0.25, 0.3) is 0 Å². The molecular formula is C15H22N4. The van der Waals surface area contributed by atoms with Crippen LogP contribution in [-0.4, -0.2) is 21.1 Å². The van der Waals surface area contributed by atoms with Crippen LogP contribution in [0.5, 0.6) is 0 Å². The second-order valence-corrected chi connectivity index (χ2v) is 4.68. The first-order chi connectivity index (χ1) is 9.26. The van der Waals surface area contributed by atoms with Gasteiger partial charge in [0.25, 0.3) is 0 Å². The van der Waals surface area contributed by atoms with Crippen molar-refractivity contribution in [2.45, 2.75) is 39.8 Å². The quantitative estimate of drug-likeness (QED) is 0.865. The highest BCUT2D eigenvalue weighted by Crippen LogP contribution is 2.20. The van der Waals surface area contributed by atoms with E-state index >= 15 is 0 Å². The topological polar surface area (TPSA) is 42.7 Å². The largest absolute Gasteiger partial charge is 0.335 e. The van der Waals surface area contributed by atoms with Gasteiger partial charge in [0.1, 0.15) is 5.82 Å². The van der Waals surface area contributed by atoms with Gasteiger partial charge < -0.3 is 9.88 Å². The molecule has 0 bridgehead atoms. The van der Waals surface area contributed by atoms with Crippen molar-refractivity contribution < 1.29 is 0 Å². The van der Waals surface area contributed by atoms with E-state index in [-0.39, 0.29) is 6.04 Å². The van der Waals surface area contributed by atoms with E-state index in [0.29, 0.717) is 0 Å². The fourth-order valence-electron chi connectivity index (χ4n) is 2.38. The Morgan fingerprint density at radius 1 is 1.32 bits per heavy atom. The predicted octanol–water partition coefficient (Wildman–Crippen LogP) is 2.50. The highest BCUT2D eigenvalue weighted by Gasteiger charge is 2.16. The van der Waals surface area contributed by atoms with E-state index in [1.807, 2.05) is 24.8 Å². The maximum Gasteiger partial charge on any atom is 0.110 e. The lowest BCUT2D eigenvalue weighted by molar-refractivity contribution is 0.519. The third-order valence-corrected chi connectivity index (χ3v) is 3.43. The molecule has 0 fully saturated rings. The van der Waals surface area contributed by atoms with E-state index in [1.54, 1.807) is 0 Å². The molecule has 0 aliphatic rings. The van der Waals surface area contributed by atoms with Crippen molar-refractivity contribution >= 4 is 0 Å². The van der Waals surface area contributed by atoms with Crippen molar-refractivity contribution in [1.29, 1.82) is 0 Å². The number of rotatable bonds is 6. The molecular weight excluding hydrogens is 236 g/mol. The Bertz CT molecular complexity index is 518. The minimum atomic E-state index is 0.270. The van der Waals surface area contributed by atoms with Crippen molar-refractivity contribution in [3.05, 3.63) is 47.8 Å². The lowest BCUT2D eigenvalue weighted by Gasteiger charge is -2.20. The van der Waals surface area contributed by atoms with Gasteiger partial charge in [0, 0.05) is 43.8 Å². The molecule has 0 aliphatic heterocycles. The summed E-state index contributed by atoms with van der Waals surface area (Å²) >= 11 is 0. The number of aryl methyl sites for hydroxylation is 2. The summed E-state index contributed by atoms with van der Waals surface area (Å²) in [7, 11) is 0. The molecule has 102 valence electrons. The van der Waals surface area contributed by atoms with Gasteiger partial charge in [-0.1, -0.05) is 6.92 Å². The summed E-state index contributed by atoms with van der Waals surface area (Å²) in [5, 5.41) is 3.54. The molecule has 4 heteroatoms. The molecule has 0 saturated carbocycles. The van der Waals surface area contributed by atoms with Crippen LogP contribution >= 0.6 is 0 Å². The molecule has 0 aromatic carbocycles. The van der Waals surface area contributed by atoms with Gasteiger partial charge in [-0.25, -0.2) is 4.98 Å². The van der Waals surface area contributed by atoms with Crippen LogP contribution in [0.4, 0.5) is 0 Å². The first-order valence-corrected chi connectivity index (χ1v) is 6.90. The molecule has 0 amide bonds. The Kier molecular flexibility index (Phi) is 4.68. The number of aromatic nitrogens is 3. The molecule has 1 atom stereocenters. The van der Waals surface area contributed by atoms with E-state index in [1.165, 1.54) is 11.1 Å². The summed E-state index contributed by atoms with van der Waals surface area (Å²) in [5.74, 6) is 1.12. The van der Waals surface area contributed by atoms with Gasteiger partial charge in [-0.3, -0.25) is 4.98 Å². The number of nitrogens with zero attached hydrogens (tertiary/aromatic N) is 3. The van der Waals surface area contributed by atoms with E-state index < -0.39 is 0 Å². The highest BCUT2D eigenvalue weighted by atomic mass is 15.1. The van der Waals surface area contributed by atoms with Crippen LogP contribution in [0.3, 0.4) is 0 Å². The smallest absolute Gasteiger partial charge is 0.110 e. The van der Waals surface area contributed by atoms with Gasteiger partial charge in [-0.15, -0.1) is 0 Å². The van der Waals surface area contributed by atoms with Crippen molar-refractivity contribution in [3.8, 4) is 0 Å². The average Bonchev–Trinajstić information content (AvgIpc) is 2.86. The first kappa shape index (κ1) is 13.7. The standard InChI is InChI=1S/C15H22N4/c1-4-17-14(13-11-16-7-6-12(13)3)10-15-18-8-9-19(15)5-2/h6-9,11,14,17H,4-5,10H2,1-3H3. The molecule has 2 aromatic heterocycles. The molecule has 0 radical (unpaired) electrons. The van der Waals surface area contributed by atoms with E-state index in [0.717, 1.165) is 25.3 Å². The summed E-state index contributed by atoms with van der Waals surface area (Å²) < 4.78 is 2.19. The lowest BCUT2D eigenvalue weighted by atomic mass is 10.0. The third-order valence-electron chi connectivity index (χ3n) is 3.43. The fraction of sp³-hybridized carbons (Fsp3) is 0.467. The monoisotopic (exact) mass is 258 g/mol. The summed E-state index contributed by atoms with van der Waals surface area (Å²) in [6.45, 7) is 8.30. The molecule has 1 unspecified atom stereocenters. The summed E-state index contributed by atoms with van der Waals surface area (Å²) in [6.07, 6.45) is 8.60. The molecule has 2 rings (SSSR count). The number of likely N-dealkylation sites (N-methyl/N-ethyl adjacent to an activating group) is 1. The third kappa shape index (κ3) is 3.20. The molecule has 0 spiro atoms. The second kappa shape index (κ2) is 6.48. The van der Waals surface area contributed by atoms with Gasteiger partial charge in [-0.2, -0.15) is 0 Å². The van der Waals surface area contributed by atoms with Gasteiger partial charge in [-0.05, 0) is 37.6 Å². The van der Waals surface area contributed by atoms with E-state index in [4.69, 9.17) is 0 Å². The summed E-state index contributed by atoms with van der Waals surface area (Å²) in [5.41, 5.74) is 2.53. The number of nitrogens with one attached hydrogen (secondary N) is 1. The predicted molar refractivity (Wildman–Crippen MR) is 77.0 cm³/mol. The Labute approximate surface area is 114 Å². The zero-order chi connectivity index (χ0) is 13.7. The SMILES string of the molecule is CCNC(Cc1nccn1CC)c1cnccc1C. The maximum absolute atomic E-state index is 4.47. The van der Waals surface area contributed by atoms with Crippen molar-refractivity contribution in [2.24, 2.45) is 0 Å². The van der Waals surface area contributed by atoms with Crippen LogP contribution in [0.2, 0.25) is 0 Å². The molecule has 0 saturated heterocycles. The van der Waals surface area contributed by atoms with Gasteiger partial charge in [0.2, 0.25) is 0 Å². The van der Waals surface area contributed by atoms with Crippen molar-refractivity contribution in [3.63, 3.8) is 0 Å². The van der Waals surface area contributed by atoms with Crippen LogP contribution in [-0.2, 0) is 13.0 Å². The maximum atomic E-state index is 4.47. The number of hydrogen-bond donors (Lipinski definition) is 1. The zero-order valence-electron chi connectivity index (χ0n) is 11.9. The number of pyridine rings is 1. The Morgan fingerprint density at radius 2 is 2.16 bits per heavy atom. The van der Waals surface area contributed by atoms with Gasteiger partial charge >= 0.3 is 0 Å². The molecule has 0 aliphatic carbocycles. The summed E-state index contributed by atoms with van der Waals surface area (Å²) in [4.78, 5) is 8.72. The normalized spacial score (nSPS) is 12.6. The highest BCUT2D eigenvalue weighted by molar-refractivity contribution is 5.26. The summed E-state index contributed by atoms with van der Waals surface area (Å²) in [6, 6.07) is 2.33. The van der Waals surface area contributed by atoms with Crippen LogP contribution in [0, 0.1) is 6.92 Å². The molecule has 1 N–H and O–H groups in total. The fourth-order valence-corrected chi connectivity index (χ4v) is 2.38. The van der Waals surface area contributed by atoms with Crippen LogP contribution in [0.15, 0.2) is 30.9 Å². The second-order valence-electron chi connectivity index (χ2n) is 4.68. The van der Waals surface area contributed by atoms with E-state index in [2.05, 4.69) is 46.7 Å². The molecule has 2 heterocycles. The zero-order valence-corrected chi connectivity index (χ0v) is 11.9. The Balaban J connectivity index is 2.24. The minimum absolute atomic E-state index is 0.270. The van der Waals surface area contributed by atoms with Gasteiger partial charge in [0.15, 0.2) is 0 Å². The minimum Gasteiger partial charge on any atom is -0.335 e. The Morgan fingerprint density at radius 3 is 2.84 bits per heavy atom. The molecule has 19 heavy (non-hydrogen) atoms. The lowest BCUT2D eigenvalue weighted by Crippen LogP contribution is -2.25. The van der Waals surface area contributed by atoms with Crippen LogP contribution < -0.4 is 5.32 Å². The van der Waals surface area contributed by atoms with Gasteiger partial charge in [0.05, 0.1) is 0 Å². The van der Waals surface area contributed by atoms with Crippen LogP contribution in [0.1, 0.15) is 36.8 Å². The van der Waals surface area contributed by atoms with E-state index in [9.17, 15) is 0 Å². The molecule has 2 aromatic rings. The Hall–Kier alpha value is -1.68.